The Labute approximate surface area is 166 Å². The number of para-hydroxylation sites is 2. The van der Waals surface area contributed by atoms with E-state index in [1.165, 1.54) is 21.6 Å². The van der Waals surface area contributed by atoms with Crippen LogP contribution in [0.2, 0.25) is 0 Å². The van der Waals surface area contributed by atoms with Crippen molar-refractivity contribution in [1.82, 2.24) is 14.8 Å². The highest BCUT2D eigenvalue weighted by Gasteiger charge is 2.25. The summed E-state index contributed by atoms with van der Waals surface area (Å²) in [6, 6.07) is 16.8. The molecule has 0 spiro atoms. The van der Waals surface area contributed by atoms with Crippen molar-refractivity contribution in [3.63, 3.8) is 0 Å². The maximum Gasteiger partial charge on any atom is 0.227 e. The van der Waals surface area contributed by atoms with Gasteiger partial charge in [0.1, 0.15) is 0 Å². The maximum atomic E-state index is 11.1. The van der Waals surface area contributed by atoms with E-state index in [1.807, 2.05) is 4.57 Å². The first-order valence-corrected chi connectivity index (χ1v) is 10.4. The van der Waals surface area contributed by atoms with Crippen molar-refractivity contribution in [2.45, 2.75) is 35.0 Å². The van der Waals surface area contributed by atoms with Gasteiger partial charge in [-0.05, 0) is 31.2 Å². The van der Waals surface area contributed by atoms with Gasteiger partial charge in [-0.1, -0.05) is 47.8 Å². The van der Waals surface area contributed by atoms with Gasteiger partial charge in [0.05, 0.1) is 23.7 Å². The number of thioether (sulfide) groups is 1. The van der Waals surface area contributed by atoms with E-state index in [4.69, 9.17) is 5.73 Å². The van der Waals surface area contributed by atoms with E-state index in [0.29, 0.717) is 6.54 Å². The van der Waals surface area contributed by atoms with Gasteiger partial charge >= 0.3 is 0 Å². The molecular formula is C19H19N5OS2. The van der Waals surface area contributed by atoms with Crippen molar-refractivity contribution in [2.75, 3.05) is 10.7 Å². The molecule has 1 aliphatic heterocycles. The molecule has 0 radical (unpaired) electrons. The number of amides is 1. The van der Waals surface area contributed by atoms with Crippen LogP contribution in [0.1, 0.15) is 12.7 Å². The topological polar surface area (TPSA) is 77.0 Å². The lowest BCUT2D eigenvalue weighted by molar-refractivity contribution is -0.115. The van der Waals surface area contributed by atoms with Gasteiger partial charge in [-0.3, -0.25) is 4.79 Å². The van der Waals surface area contributed by atoms with E-state index in [-0.39, 0.29) is 11.7 Å². The van der Waals surface area contributed by atoms with E-state index in [0.717, 1.165) is 28.9 Å². The van der Waals surface area contributed by atoms with Gasteiger partial charge in [-0.25, -0.2) is 0 Å². The second-order valence-electron chi connectivity index (χ2n) is 6.02. The van der Waals surface area contributed by atoms with Crippen LogP contribution in [0.25, 0.3) is 0 Å². The number of benzene rings is 2. The zero-order valence-corrected chi connectivity index (χ0v) is 16.5. The van der Waals surface area contributed by atoms with Crippen LogP contribution < -0.4 is 10.6 Å². The Hall–Kier alpha value is -2.45. The van der Waals surface area contributed by atoms with Crippen LogP contribution in [-0.2, 0) is 17.9 Å². The monoisotopic (exact) mass is 397 g/mol. The van der Waals surface area contributed by atoms with Gasteiger partial charge in [0, 0.05) is 16.3 Å². The Bertz CT molecular complexity index is 942. The second-order valence-corrected chi connectivity index (χ2v) is 8.05. The highest BCUT2D eigenvalue weighted by Crippen LogP contribution is 2.48. The molecule has 0 atom stereocenters. The highest BCUT2D eigenvalue weighted by atomic mass is 32.2. The number of carbonyl (C=O) groups is 1. The average molecular weight is 398 g/mol. The number of aromatic nitrogens is 3. The summed E-state index contributed by atoms with van der Waals surface area (Å²) >= 11 is 3.11. The van der Waals surface area contributed by atoms with E-state index in [9.17, 15) is 4.79 Å². The summed E-state index contributed by atoms with van der Waals surface area (Å²) < 4.78 is 2.04. The predicted octanol–water partition coefficient (Wildman–Crippen LogP) is 3.68. The standard InChI is InChI=1S/C19H19N5OS2/c1-2-23-18(21-22-19(23)26-12-17(20)25)11-24-13-7-3-5-9-15(13)27-16-10-6-4-8-14(16)24/h3-10H,2,11-12H2,1H3,(H2,20,25). The van der Waals surface area contributed by atoms with Gasteiger partial charge in [-0.2, -0.15) is 0 Å². The number of primary amides is 1. The zero-order chi connectivity index (χ0) is 18.8. The molecular weight excluding hydrogens is 378 g/mol. The van der Waals surface area contributed by atoms with Gasteiger partial charge in [-0.15, -0.1) is 10.2 Å². The molecule has 0 saturated carbocycles. The van der Waals surface area contributed by atoms with Crippen molar-refractivity contribution in [3.8, 4) is 0 Å². The molecule has 27 heavy (non-hydrogen) atoms. The average Bonchev–Trinajstić information content (AvgIpc) is 3.07. The van der Waals surface area contributed by atoms with Crippen LogP contribution in [-0.4, -0.2) is 26.4 Å². The van der Waals surface area contributed by atoms with E-state index < -0.39 is 0 Å². The lowest BCUT2D eigenvalue weighted by atomic mass is 10.2. The van der Waals surface area contributed by atoms with Crippen molar-refractivity contribution in [1.29, 1.82) is 0 Å². The summed E-state index contributed by atoms with van der Waals surface area (Å²) in [6.45, 7) is 3.39. The molecule has 3 aromatic rings. The Kier molecular flexibility index (Phi) is 5.09. The van der Waals surface area contributed by atoms with Crippen molar-refractivity contribution in [2.24, 2.45) is 5.73 Å². The molecule has 1 aliphatic rings. The lowest BCUT2D eigenvalue weighted by Crippen LogP contribution is -2.22. The number of nitrogens with two attached hydrogens (primary N) is 1. The van der Waals surface area contributed by atoms with E-state index in [2.05, 4.69) is 70.6 Å². The van der Waals surface area contributed by atoms with Crippen LogP contribution >= 0.6 is 23.5 Å². The molecule has 1 aromatic heterocycles. The minimum atomic E-state index is -0.358. The Morgan fingerprint density at radius 3 is 2.30 bits per heavy atom. The smallest absolute Gasteiger partial charge is 0.227 e. The third-order valence-electron chi connectivity index (χ3n) is 4.28. The highest BCUT2D eigenvalue weighted by molar-refractivity contribution is 8.00. The Balaban J connectivity index is 1.70. The summed E-state index contributed by atoms with van der Waals surface area (Å²) in [6.07, 6.45) is 0. The van der Waals surface area contributed by atoms with Crippen LogP contribution in [0.15, 0.2) is 63.5 Å². The quantitative estimate of drug-likeness (QED) is 0.640. The molecule has 0 bridgehead atoms. The number of fused-ring (bicyclic) bond motifs is 2. The fourth-order valence-electron chi connectivity index (χ4n) is 3.09. The second kappa shape index (κ2) is 7.66. The third-order valence-corrected chi connectivity index (χ3v) is 6.40. The van der Waals surface area contributed by atoms with Crippen LogP contribution in [0.4, 0.5) is 11.4 Å². The first-order valence-electron chi connectivity index (χ1n) is 8.64. The van der Waals surface area contributed by atoms with Crippen LogP contribution in [0.3, 0.4) is 0 Å². The number of rotatable bonds is 6. The summed E-state index contributed by atoms with van der Waals surface area (Å²) in [5.41, 5.74) is 7.60. The molecule has 138 valence electrons. The zero-order valence-electron chi connectivity index (χ0n) is 14.8. The van der Waals surface area contributed by atoms with Gasteiger partial charge in [0.25, 0.3) is 0 Å². The maximum absolute atomic E-state index is 11.1. The molecule has 2 aromatic carbocycles. The predicted molar refractivity (Wildman–Crippen MR) is 108 cm³/mol. The lowest BCUT2D eigenvalue weighted by Gasteiger charge is -2.32. The largest absolute Gasteiger partial charge is 0.369 e. The fourth-order valence-corrected chi connectivity index (χ4v) is 4.94. The van der Waals surface area contributed by atoms with E-state index >= 15 is 0 Å². The van der Waals surface area contributed by atoms with Crippen molar-refractivity contribution >= 4 is 40.8 Å². The number of hydrogen-bond acceptors (Lipinski definition) is 6. The van der Waals surface area contributed by atoms with Crippen molar-refractivity contribution < 1.29 is 4.79 Å². The molecule has 1 amide bonds. The van der Waals surface area contributed by atoms with Gasteiger partial charge < -0.3 is 15.2 Å². The SMILES string of the molecule is CCn1c(CN2c3ccccc3Sc3ccccc32)nnc1SCC(N)=O. The van der Waals surface area contributed by atoms with Crippen LogP contribution in [0, 0.1) is 0 Å². The van der Waals surface area contributed by atoms with Crippen LogP contribution in [0.5, 0.6) is 0 Å². The molecule has 2 heterocycles. The minimum Gasteiger partial charge on any atom is -0.369 e. The molecule has 0 aliphatic carbocycles. The first kappa shape index (κ1) is 17.9. The molecule has 0 fully saturated rings. The summed E-state index contributed by atoms with van der Waals surface area (Å²) in [7, 11) is 0. The molecule has 8 heteroatoms. The number of hydrogen-bond donors (Lipinski definition) is 1. The number of nitrogens with zero attached hydrogens (tertiary/aromatic N) is 4. The van der Waals surface area contributed by atoms with Gasteiger partial charge in [0.2, 0.25) is 5.91 Å². The number of carbonyl (C=O) groups excluding carboxylic acids is 1. The van der Waals surface area contributed by atoms with E-state index in [1.54, 1.807) is 11.8 Å². The molecule has 0 unspecified atom stereocenters. The number of anilines is 2. The normalized spacial score (nSPS) is 12.6. The summed E-state index contributed by atoms with van der Waals surface area (Å²) in [5, 5.41) is 9.39. The molecule has 6 nitrogen and oxygen atoms in total. The summed E-state index contributed by atoms with van der Waals surface area (Å²) in [5.74, 6) is 0.702. The molecule has 0 saturated heterocycles. The summed E-state index contributed by atoms with van der Waals surface area (Å²) in [4.78, 5) is 15.8. The Morgan fingerprint density at radius 2 is 1.70 bits per heavy atom. The molecule has 2 N–H and O–H groups in total. The fraction of sp³-hybridized carbons (Fsp3) is 0.211. The molecule has 4 rings (SSSR count). The first-order chi connectivity index (χ1) is 13.2. The Morgan fingerprint density at radius 1 is 1.07 bits per heavy atom. The minimum absolute atomic E-state index is 0.199. The van der Waals surface area contributed by atoms with Gasteiger partial charge in [0.15, 0.2) is 11.0 Å². The third kappa shape index (κ3) is 3.54. The van der Waals surface area contributed by atoms with Crippen molar-refractivity contribution in [3.05, 3.63) is 54.4 Å².